The second-order valence-electron chi connectivity index (χ2n) is 6.83. The van der Waals surface area contributed by atoms with E-state index in [0.29, 0.717) is 13.2 Å². The monoisotopic (exact) mass is 356 g/mol. The normalized spacial score (nSPS) is 17.1. The van der Waals surface area contributed by atoms with Crippen molar-refractivity contribution in [3.05, 3.63) is 54.6 Å². The van der Waals surface area contributed by atoms with Crippen LogP contribution in [0.3, 0.4) is 0 Å². The molecule has 6 heteroatoms. The first-order chi connectivity index (χ1) is 12.7. The lowest BCUT2D eigenvalue weighted by atomic mass is 9.86. The Morgan fingerprint density at radius 3 is 2.69 bits per heavy atom. The van der Waals surface area contributed by atoms with Gasteiger partial charge in [-0.2, -0.15) is 0 Å². The van der Waals surface area contributed by atoms with Crippen molar-refractivity contribution in [3.8, 4) is 0 Å². The third-order valence-corrected chi connectivity index (χ3v) is 5.26. The fourth-order valence-corrected chi connectivity index (χ4v) is 3.62. The van der Waals surface area contributed by atoms with E-state index in [0.717, 1.165) is 38.9 Å². The molecule has 0 unspecified atom stereocenters. The van der Waals surface area contributed by atoms with Gasteiger partial charge >= 0.3 is 0 Å². The molecule has 0 spiro atoms. The molecule has 1 N–H and O–H groups in total. The van der Waals surface area contributed by atoms with Gasteiger partial charge in [-0.3, -0.25) is 4.79 Å². The topological polar surface area (TPSA) is 59.4 Å². The van der Waals surface area contributed by atoms with Crippen molar-refractivity contribution in [3.63, 3.8) is 0 Å². The lowest BCUT2D eigenvalue weighted by Gasteiger charge is -2.41. The Morgan fingerprint density at radius 2 is 2.04 bits per heavy atom. The molecular weight excluding hydrogens is 328 g/mol. The van der Waals surface area contributed by atoms with Crippen LogP contribution in [-0.4, -0.2) is 60.3 Å². The van der Waals surface area contributed by atoms with Gasteiger partial charge in [-0.05, 0) is 24.8 Å². The SMILES string of the molecule is COCCNC(=O)C1(n2ccnc2)CCN(CCc2ccccc2)CC1. The molecule has 0 bridgehead atoms. The molecule has 3 rings (SSSR count). The minimum atomic E-state index is -0.548. The van der Waals surface area contributed by atoms with Gasteiger partial charge in [0.2, 0.25) is 5.91 Å². The number of hydrogen-bond donors (Lipinski definition) is 1. The van der Waals surface area contributed by atoms with Gasteiger partial charge in [-0.15, -0.1) is 0 Å². The van der Waals surface area contributed by atoms with Crippen LogP contribution in [0.4, 0.5) is 0 Å². The van der Waals surface area contributed by atoms with E-state index in [1.54, 1.807) is 19.6 Å². The summed E-state index contributed by atoms with van der Waals surface area (Å²) in [4.78, 5) is 19.6. The number of benzene rings is 1. The Labute approximate surface area is 155 Å². The smallest absolute Gasteiger partial charge is 0.246 e. The number of nitrogens with one attached hydrogen (secondary N) is 1. The first-order valence-electron chi connectivity index (χ1n) is 9.26. The maximum absolute atomic E-state index is 12.9. The second-order valence-corrected chi connectivity index (χ2v) is 6.83. The molecule has 1 aliphatic heterocycles. The van der Waals surface area contributed by atoms with Crippen LogP contribution in [-0.2, 0) is 21.5 Å². The Bertz CT molecular complexity index is 664. The predicted octanol–water partition coefficient (Wildman–Crippen LogP) is 1.68. The van der Waals surface area contributed by atoms with E-state index in [1.807, 2.05) is 16.8 Å². The number of aromatic nitrogens is 2. The Morgan fingerprint density at radius 1 is 1.27 bits per heavy atom. The summed E-state index contributed by atoms with van der Waals surface area (Å²) < 4.78 is 7.03. The van der Waals surface area contributed by atoms with Gasteiger partial charge < -0.3 is 19.5 Å². The molecule has 140 valence electrons. The largest absolute Gasteiger partial charge is 0.383 e. The summed E-state index contributed by atoms with van der Waals surface area (Å²) in [6, 6.07) is 10.6. The van der Waals surface area contributed by atoms with E-state index in [9.17, 15) is 4.79 Å². The molecule has 26 heavy (non-hydrogen) atoms. The summed E-state index contributed by atoms with van der Waals surface area (Å²) in [5.74, 6) is 0.0651. The van der Waals surface area contributed by atoms with E-state index >= 15 is 0 Å². The molecule has 1 amide bonds. The summed E-state index contributed by atoms with van der Waals surface area (Å²) in [7, 11) is 1.64. The number of carbonyl (C=O) groups is 1. The molecule has 0 radical (unpaired) electrons. The number of ether oxygens (including phenoxy) is 1. The molecule has 2 heterocycles. The maximum Gasteiger partial charge on any atom is 0.246 e. The van der Waals surface area contributed by atoms with Crippen molar-refractivity contribution in [1.82, 2.24) is 19.8 Å². The average Bonchev–Trinajstić information content (AvgIpc) is 3.23. The molecule has 1 saturated heterocycles. The van der Waals surface area contributed by atoms with Gasteiger partial charge in [0.15, 0.2) is 0 Å². The van der Waals surface area contributed by atoms with Crippen LogP contribution < -0.4 is 5.32 Å². The number of imidazole rings is 1. The second kappa shape index (κ2) is 8.96. The van der Waals surface area contributed by atoms with Crippen LogP contribution in [0.5, 0.6) is 0 Å². The zero-order valence-electron chi connectivity index (χ0n) is 15.4. The third-order valence-electron chi connectivity index (χ3n) is 5.26. The van der Waals surface area contributed by atoms with Gasteiger partial charge in [0.05, 0.1) is 12.9 Å². The highest BCUT2D eigenvalue weighted by Gasteiger charge is 2.42. The zero-order valence-corrected chi connectivity index (χ0v) is 15.4. The van der Waals surface area contributed by atoms with Crippen molar-refractivity contribution in [2.45, 2.75) is 24.8 Å². The standard InChI is InChI=1S/C20H28N4O2/c1-26-16-11-22-19(25)20(24-15-10-21-17-24)8-13-23(14-9-20)12-7-18-5-3-2-4-6-18/h2-6,10,15,17H,7-9,11-14,16H2,1H3,(H,22,25). The van der Waals surface area contributed by atoms with Crippen LogP contribution in [0, 0.1) is 0 Å². The van der Waals surface area contributed by atoms with Crippen LogP contribution in [0.15, 0.2) is 49.1 Å². The first-order valence-corrected chi connectivity index (χ1v) is 9.26. The van der Waals surface area contributed by atoms with E-state index in [1.165, 1.54) is 5.56 Å². The fraction of sp³-hybridized carbons (Fsp3) is 0.500. The summed E-state index contributed by atoms with van der Waals surface area (Å²) in [6.45, 7) is 3.89. The number of hydrogen-bond acceptors (Lipinski definition) is 4. The lowest BCUT2D eigenvalue weighted by molar-refractivity contribution is -0.132. The Balaban J connectivity index is 1.61. The highest BCUT2D eigenvalue weighted by Crippen LogP contribution is 2.30. The van der Waals surface area contributed by atoms with Gasteiger partial charge in [-0.25, -0.2) is 4.98 Å². The fourth-order valence-electron chi connectivity index (χ4n) is 3.62. The molecule has 1 aliphatic rings. The van der Waals surface area contributed by atoms with Crippen molar-refractivity contribution in [2.24, 2.45) is 0 Å². The van der Waals surface area contributed by atoms with Gasteiger partial charge in [-0.1, -0.05) is 30.3 Å². The number of piperidine rings is 1. The summed E-state index contributed by atoms with van der Waals surface area (Å²) in [6.07, 6.45) is 8.02. The van der Waals surface area contributed by atoms with Gasteiger partial charge in [0.1, 0.15) is 5.54 Å². The van der Waals surface area contributed by atoms with Crippen LogP contribution in [0.25, 0.3) is 0 Å². The predicted molar refractivity (Wildman–Crippen MR) is 101 cm³/mol. The average molecular weight is 356 g/mol. The molecule has 6 nitrogen and oxygen atoms in total. The quantitative estimate of drug-likeness (QED) is 0.731. The molecule has 2 aromatic rings. The van der Waals surface area contributed by atoms with Gasteiger partial charge in [0.25, 0.3) is 0 Å². The van der Waals surface area contributed by atoms with Gasteiger partial charge in [0, 0.05) is 45.7 Å². The van der Waals surface area contributed by atoms with E-state index < -0.39 is 5.54 Å². The van der Waals surface area contributed by atoms with Crippen LogP contribution in [0.1, 0.15) is 18.4 Å². The number of likely N-dealkylation sites (tertiary alicyclic amines) is 1. The van der Waals surface area contributed by atoms with Crippen LogP contribution in [0.2, 0.25) is 0 Å². The van der Waals surface area contributed by atoms with Crippen molar-refractivity contribution >= 4 is 5.91 Å². The summed E-state index contributed by atoms with van der Waals surface area (Å²) in [5.41, 5.74) is 0.810. The maximum atomic E-state index is 12.9. The Kier molecular flexibility index (Phi) is 6.41. The number of rotatable bonds is 8. The highest BCUT2D eigenvalue weighted by atomic mass is 16.5. The minimum Gasteiger partial charge on any atom is -0.383 e. The molecule has 1 fully saturated rings. The zero-order chi connectivity index (χ0) is 18.2. The number of carbonyl (C=O) groups excluding carboxylic acids is 1. The first kappa shape index (κ1) is 18.6. The number of methoxy groups -OCH3 is 1. The Hall–Kier alpha value is -2.18. The summed E-state index contributed by atoms with van der Waals surface area (Å²) >= 11 is 0. The molecule has 0 saturated carbocycles. The van der Waals surface area contributed by atoms with Crippen molar-refractivity contribution in [1.29, 1.82) is 0 Å². The minimum absolute atomic E-state index is 0.0651. The molecule has 1 aromatic carbocycles. The number of nitrogens with zero attached hydrogens (tertiary/aromatic N) is 3. The molecule has 1 aromatic heterocycles. The molecule has 0 aliphatic carbocycles. The van der Waals surface area contributed by atoms with E-state index in [2.05, 4.69) is 39.5 Å². The van der Waals surface area contributed by atoms with Crippen LogP contribution >= 0.6 is 0 Å². The lowest BCUT2D eigenvalue weighted by Crippen LogP contribution is -2.55. The summed E-state index contributed by atoms with van der Waals surface area (Å²) in [5, 5.41) is 3.02. The molecular formula is C20H28N4O2. The third kappa shape index (κ3) is 4.31. The van der Waals surface area contributed by atoms with E-state index in [4.69, 9.17) is 4.74 Å². The number of amides is 1. The van der Waals surface area contributed by atoms with E-state index in [-0.39, 0.29) is 5.91 Å². The van der Waals surface area contributed by atoms with Crippen molar-refractivity contribution in [2.75, 3.05) is 39.9 Å². The van der Waals surface area contributed by atoms with Crippen molar-refractivity contribution < 1.29 is 9.53 Å². The molecule has 0 atom stereocenters. The highest BCUT2D eigenvalue weighted by molar-refractivity contribution is 5.84.